The van der Waals surface area contributed by atoms with Gasteiger partial charge in [0.2, 0.25) is 10.0 Å². The summed E-state index contributed by atoms with van der Waals surface area (Å²) in [4.78, 5) is 13.9. The van der Waals surface area contributed by atoms with Gasteiger partial charge in [0, 0.05) is 32.2 Å². The second-order valence-corrected chi connectivity index (χ2v) is 8.35. The number of aromatic amines is 1. The molecule has 0 atom stereocenters. The van der Waals surface area contributed by atoms with E-state index in [1.165, 1.54) is 6.07 Å². The van der Waals surface area contributed by atoms with Gasteiger partial charge in [-0.15, -0.1) is 11.3 Å². The van der Waals surface area contributed by atoms with Crippen LogP contribution in [0.15, 0.2) is 33.3 Å². The molecule has 0 bridgehead atoms. The van der Waals surface area contributed by atoms with Crippen LogP contribution < -0.4 is 10.3 Å². The first kappa shape index (κ1) is 17.2. The van der Waals surface area contributed by atoms with Crippen molar-refractivity contribution in [1.82, 2.24) is 19.8 Å². The molecule has 0 spiro atoms. The Kier molecular flexibility index (Phi) is 5.41. The summed E-state index contributed by atoms with van der Waals surface area (Å²) in [5, 5.41) is 6.24. The Hall–Kier alpha value is -1.59. The molecule has 0 radical (unpaired) electrons. The lowest BCUT2D eigenvalue weighted by Gasteiger charge is -2.26. The Morgan fingerprint density at radius 3 is 2.75 bits per heavy atom. The number of H-pyrrole nitrogens is 1. The van der Waals surface area contributed by atoms with Crippen molar-refractivity contribution in [1.29, 1.82) is 0 Å². The van der Waals surface area contributed by atoms with E-state index in [4.69, 9.17) is 4.74 Å². The van der Waals surface area contributed by atoms with Crippen LogP contribution in [-0.4, -0.2) is 62.9 Å². The summed E-state index contributed by atoms with van der Waals surface area (Å²) in [6, 6.07) is 6.15. The average molecular weight is 370 g/mol. The number of morpholine rings is 1. The lowest BCUT2D eigenvalue weighted by atomic mass is 10.3. The van der Waals surface area contributed by atoms with Crippen LogP contribution in [0.2, 0.25) is 0 Å². The predicted molar refractivity (Wildman–Crippen MR) is 90.6 cm³/mol. The highest BCUT2D eigenvalue weighted by Crippen LogP contribution is 2.28. The van der Waals surface area contributed by atoms with E-state index in [9.17, 15) is 13.2 Å². The third kappa shape index (κ3) is 4.28. The number of sulfonamides is 1. The van der Waals surface area contributed by atoms with E-state index in [-0.39, 0.29) is 9.77 Å². The fourth-order valence-corrected chi connectivity index (χ4v) is 4.66. The van der Waals surface area contributed by atoms with Crippen LogP contribution in [-0.2, 0) is 14.8 Å². The van der Waals surface area contributed by atoms with Gasteiger partial charge in [-0.05, 0) is 18.2 Å². The highest BCUT2D eigenvalue weighted by molar-refractivity contribution is 7.91. The molecule has 1 aliphatic heterocycles. The fourth-order valence-electron chi connectivity index (χ4n) is 2.32. The number of ether oxygens (including phenoxy) is 1. The molecule has 10 heteroatoms. The zero-order valence-electron chi connectivity index (χ0n) is 12.9. The maximum Gasteiger partial charge on any atom is 0.264 e. The smallest absolute Gasteiger partial charge is 0.264 e. The SMILES string of the molecule is O=c1ccc(-c2ccc(S(=O)(=O)NCCN3CCOCC3)s2)n[nH]1. The van der Waals surface area contributed by atoms with Crippen molar-refractivity contribution in [2.45, 2.75) is 4.21 Å². The Morgan fingerprint density at radius 1 is 1.25 bits per heavy atom. The van der Waals surface area contributed by atoms with Crippen molar-refractivity contribution in [3.05, 3.63) is 34.6 Å². The minimum Gasteiger partial charge on any atom is -0.379 e. The van der Waals surface area contributed by atoms with Gasteiger partial charge in [0.05, 0.1) is 18.1 Å². The topological polar surface area (TPSA) is 104 Å². The molecular weight excluding hydrogens is 352 g/mol. The van der Waals surface area contributed by atoms with Crippen LogP contribution in [0.25, 0.3) is 10.6 Å². The summed E-state index contributed by atoms with van der Waals surface area (Å²) >= 11 is 1.12. The molecule has 1 saturated heterocycles. The molecule has 1 fully saturated rings. The van der Waals surface area contributed by atoms with Gasteiger partial charge in [0.1, 0.15) is 9.90 Å². The van der Waals surface area contributed by atoms with Crippen molar-refractivity contribution in [3.8, 4) is 10.6 Å². The van der Waals surface area contributed by atoms with Crippen LogP contribution in [0.3, 0.4) is 0 Å². The first-order valence-electron chi connectivity index (χ1n) is 7.50. The average Bonchev–Trinajstić information content (AvgIpc) is 3.07. The molecule has 0 amide bonds. The molecule has 2 N–H and O–H groups in total. The summed E-state index contributed by atoms with van der Waals surface area (Å²) < 4.78 is 32.8. The number of nitrogens with one attached hydrogen (secondary N) is 2. The number of thiophene rings is 1. The Morgan fingerprint density at radius 2 is 2.04 bits per heavy atom. The molecule has 3 rings (SSSR count). The molecule has 2 aromatic heterocycles. The van der Waals surface area contributed by atoms with Gasteiger partial charge in [0.15, 0.2) is 0 Å². The van der Waals surface area contributed by atoms with Crippen LogP contribution in [0.4, 0.5) is 0 Å². The van der Waals surface area contributed by atoms with Gasteiger partial charge in [-0.2, -0.15) is 5.10 Å². The van der Waals surface area contributed by atoms with Crippen LogP contribution in [0, 0.1) is 0 Å². The summed E-state index contributed by atoms with van der Waals surface area (Å²) in [7, 11) is -3.55. The molecule has 3 heterocycles. The summed E-state index contributed by atoms with van der Waals surface area (Å²) in [5.41, 5.74) is 0.238. The zero-order chi connectivity index (χ0) is 17.0. The maximum atomic E-state index is 12.4. The van der Waals surface area contributed by atoms with E-state index < -0.39 is 10.0 Å². The first-order chi connectivity index (χ1) is 11.5. The first-order valence-corrected chi connectivity index (χ1v) is 9.80. The maximum absolute atomic E-state index is 12.4. The third-order valence-corrected chi connectivity index (χ3v) is 6.66. The molecule has 1 aliphatic rings. The van der Waals surface area contributed by atoms with Crippen molar-refractivity contribution in [2.75, 3.05) is 39.4 Å². The van der Waals surface area contributed by atoms with Crippen molar-refractivity contribution < 1.29 is 13.2 Å². The van der Waals surface area contributed by atoms with Crippen molar-refractivity contribution in [3.63, 3.8) is 0 Å². The normalized spacial score (nSPS) is 16.3. The van der Waals surface area contributed by atoms with Crippen LogP contribution >= 0.6 is 11.3 Å². The van der Waals surface area contributed by atoms with Crippen molar-refractivity contribution >= 4 is 21.4 Å². The van der Waals surface area contributed by atoms with E-state index >= 15 is 0 Å². The number of hydrogen-bond donors (Lipinski definition) is 2. The third-order valence-electron chi connectivity index (χ3n) is 3.60. The largest absolute Gasteiger partial charge is 0.379 e. The minimum absolute atomic E-state index is 0.229. The summed E-state index contributed by atoms with van der Waals surface area (Å²) in [6.45, 7) is 4.03. The molecule has 130 valence electrons. The van der Waals surface area contributed by atoms with E-state index in [2.05, 4.69) is 19.8 Å². The second-order valence-electron chi connectivity index (χ2n) is 5.28. The van der Waals surface area contributed by atoms with Gasteiger partial charge >= 0.3 is 0 Å². The van der Waals surface area contributed by atoms with Gasteiger partial charge in [-0.1, -0.05) is 0 Å². The van der Waals surface area contributed by atoms with Crippen molar-refractivity contribution in [2.24, 2.45) is 0 Å². The molecule has 2 aromatic rings. The Bertz CT molecular complexity index is 820. The van der Waals surface area contributed by atoms with Crippen LogP contribution in [0.5, 0.6) is 0 Å². The molecule has 8 nitrogen and oxygen atoms in total. The van der Waals surface area contributed by atoms with E-state index in [1.807, 2.05) is 0 Å². The second kappa shape index (κ2) is 7.53. The molecule has 0 unspecified atom stereocenters. The number of aromatic nitrogens is 2. The summed E-state index contributed by atoms with van der Waals surface area (Å²) in [5.74, 6) is 0. The lowest BCUT2D eigenvalue weighted by molar-refractivity contribution is 0.0390. The predicted octanol–water partition coefficient (Wildman–Crippen LogP) is 0.109. The highest BCUT2D eigenvalue weighted by Gasteiger charge is 2.18. The monoisotopic (exact) mass is 370 g/mol. The molecule has 0 aromatic carbocycles. The van der Waals surface area contributed by atoms with Crippen LogP contribution in [0.1, 0.15) is 0 Å². The van der Waals surface area contributed by atoms with E-state index in [0.717, 1.165) is 24.4 Å². The quantitative estimate of drug-likeness (QED) is 0.748. The van der Waals surface area contributed by atoms with E-state index in [1.54, 1.807) is 18.2 Å². The number of rotatable bonds is 6. The van der Waals surface area contributed by atoms with Gasteiger partial charge < -0.3 is 4.74 Å². The lowest BCUT2D eigenvalue weighted by Crippen LogP contribution is -2.41. The Labute approximate surface area is 143 Å². The van der Waals surface area contributed by atoms with Gasteiger partial charge in [-0.3, -0.25) is 9.69 Å². The summed E-state index contributed by atoms with van der Waals surface area (Å²) in [6.07, 6.45) is 0. The molecular formula is C14H18N4O4S2. The molecule has 0 aliphatic carbocycles. The van der Waals surface area contributed by atoms with E-state index in [0.29, 0.717) is 36.9 Å². The number of nitrogens with zero attached hydrogens (tertiary/aromatic N) is 2. The highest BCUT2D eigenvalue weighted by atomic mass is 32.2. The molecule has 24 heavy (non-hydrogen) atoms. The Balaban J connectivity index is 1.62. The number of hydrogen-bond acceptors (Lipinski definition) is 7. The fraction of sp³-hybridized carbons (Fsp3) is 0.429. The zero-order valence-corrected chi connectivity index (χ0v) is 14.5. The molecule has 0 saturated carbocycles. The van der Waals surface area contributed by atoms with Gasteiger partial charge in [-0.25, -0.2) is 18.2 Å². The van der Waals surface area contributed by atoms with Gasteiger partial charge in [0.25, 0.3) is 5.56 Å². The minimum atomic E-state index is -3.55. The standard InChI is InChI=1S/C14H18N4O4S2/c19-13-3-1-11(16-17-13)12-2-4-14(23-12)24(20,21)15-5-6-18-7-9-22-10-8-18/h1-4,15H,5-10H2,(H,17,19).